The summed E-state index contributed by atoms with van der Waals surface area (Å²) in [5.41, 5.74) is 2.60. The van der Waals surface area contributed by atoms with Gasteiger partial charge in [0.2, 0.25) is 10.0 Å². The molecular weight excluding hydrogens is 278 g/mol. The van der Waals surface area contributed by atoms with Crippen molar-refractivity contribution >= 4 is 16.0 Å². The van der Waals surface area contributed by atoms with Gasteiger partial charge in [-0.25, -0.2) is 8.42 Å². The first-order valence-corrected chi connectivity index (χ1v) is 8.22. The fourth-order valence-corrected chi connectivity index (χ4v) is 3.86. The van der Waals surface area contributed by atoms with Gasteiger partial charge < -0.3 is 5.11 Å². The molecule has 0 atom stereocenters. The van der Waals surface area contributed by atoms with Gasteiger partial charge in [-0.05, 0) is 36.3 Å². The number of fused-ring (bicyclic) bond motifs is 1. The SMILES string of the molecule is CN(CC(=O)O)S(=O)(=O)CCC1Cc2ccccc2C1. The fraction of sp³-hybridized carbons (Fsp3) is 0.500. The Labute approximate surface area is 119 Å². The van der Waals surface area contributed by atoms with Crippen molar-refractivity contribution in [3.05, 3.63) is 35.4 Å². The number of aliphatic carboxylic acids is 1. The summed E-state index contributed by atoms with van der Waals surface area (Å²) < 4.78 is 24.8. The maximum absolute atomic E-state index is 12.0. The van der Waals surface area contributed by atoms with E-state index in [1.807, 2.05) is 12.1 Å². The number of sulfonamides is 1. The molecule has 0 bridgehead atoms. The zero-order chi connectivity index (χ0) is 14.8. The molecule has 0 unspecified atom stereocenters. The van der Waals surface area contributed by atoms with Crippen LogP contribution in [0.5, 0.6) is 0 Å². The third-order valence-corrected chi connectivity index (χ3v) is 5.58. The molecule has 2 rings (SSSR count). The van der Waals surface area contributed by atoms with Crippen molar-refractivity contribution in [2.24, 2.45) is 5.92 Å². The van der Waals surface area contributed by atoms with Gasteiger partial charge in [0.25, 0.3) is 0 Å². The summed E-state index contributed by atoms with van der Waals surface area (Å²) in [6, 6.07) is 8.16. The van der Waals surface area contributed by atoms with E-state index in [1.54, 1.807) is 0 Å². The van der Waals surface area contributed by atoms with Gasteiger partial charge in [0.05, 0.1) is 5.75 Å². The largest absolute Gasteiger partial charge is 0.480 e. The van der Waals surface area contributed by atoms with E-state index in [2.05, 4.69) is 12.1 Å². The number of rotatable bonds is 6. The van der Waals surface area contributed by atoms with Crippen LogP contribution < -0.4 is 0 Å². The Morgan fingerprint density at radius 1 is 1.30 bits per heavy atom. The van der Waals surface area contributed by atoms with Crippen molar-refractivity contribution in [3.63, 3.8) is 0 Å². The molecule has 1 aromatic carbocycles. The normalized spacial score (nSPS) is 15.5. The van der Waals surface area contributed by atoms with Gasteiger partial charge in [-0.15, -0.1) is 0 Å². The van der Waals surface area contributed by atoms with Gasteiger partial charge in [0.15, 0.2) is 0 Å². The monoisotopic (exact) mass is 297 g/mol. The smallest absolute Gasteiger partial charge is 0.318 e. The first-order chi connectivity index (χ1) is 9.38. The average molecular weight is 297 g/mol. The quantitative estimate of drug-likeness (QED) is 0.854. The summed E-state index contributed by atoms with van der Waals surface area (Å²) in [4.78, 5) is 10.6. The van der Waals surface area contributed by atoms with Crippen molar-refractivity contribution in [1.29, 1.82) is 0 Å². The predicted molar refractivity (Wildman–Crippen MR) is 76.0 cm³/mol. The maximum atomic E-state index is 12.0. The van der Waals surface area contributed by atoms with Crippen molar-refractivity contribution in [2.75, 3.05) is 19.3 Å². The minimum Gasteiger partial charge on any atom is -0.480 e. The Hall–Kier alpha value is -1.40. The second kappa shape index (κ2) is 5.93. The molecule has 0 saturated carbocycles. The molecule has 0 amide bonds. The highest BCUT2D eigenvalue weighted by Crippen LogP contribution is 2.28. The van der Waals surface area contributed by atoms with Crippen LogP contribution >= 0.6 is 0 Å². The van der Waals surface area contributed by atoms with Gasteiger partial charge in [-0.1, -0.05) is 24.3 Å². The van der Waals surface area contributed by atoms with Gasteiger partial charge in [-0.3, -0.25) is 4.79 Å². The van der Waals surface area contributed by atoms with Crippen LogP contribution in [0.3, 0.4) is 0 Å². The Balaban J connectivity index is 1.89. The molecule has 1 N–H and O–H groups in total. The number of hydrogen-bond donors (Lipinski definition) is 1. The molecular formula is C14H19NO4S. The molecule has 0 aromatic heterocycles. The number of carbonyl (C=O) groups is 1. The summed E-state index contributed by atoms with van der Waals surface area (Å²) in [6.07, 6.45) is 2.39. The summed E-state index contributed by atoms with van der Waals surface area (Å²) in [5, 5.41) is 8.64. The van der Waals surface area contributed by atoms with E-state index in [-0.39, 0.29) is 5.75 Å². The van der Waals surface area contributed by atoms with Crippen molar-refractivity contribution < 1.29 is 18.3 Å². The second-order valence-electron chi connectivity index (χ2n) is 5.30. The maximum Gasteiger partial charge on any atom is 0.318 e. The van der Waals surface area contributed by atoms with E-state index in [9.17, 15) is 13.2 Å². The Kier molecular flexibility index (Phi) is 4.45. The van der Waals surface area contributed by atoms with Crippen LogP contribution in [-0.2, 0) is 27.7 Å². The van der Waals surface area contributed by atoms with E-state index in [0.717, 1.165) is 17.1 Å². The first-order valence-electron chi connectivity index (χ1n) is 6.61. The van der Waals surface area contributed by atoms with Crippen LogP contribution in [0.2, 0.25) is 0 Å². The van der Waals surface area contributed by atoms with Gasteiger partial charge in [0.1, 0.15) is 6.54 Å². The lowest BCUT2D eigenvalue weighted by Crippen LogP contribution is -2.34. The van der Waals surface area contributed by atoms with E-state index >= 15 is 0 Å². The second-order valence-corrected chi connectivity index (χ2v) is 7.49. The molecule has 1 aliphatic rings. The van der Waals surface area contributed by atoms with E-state index < -0.39 is 22.5 Å². The number of hydrogen-bond acceptors (Lipinski definition) is 3. The van der Waals surface area contributed by atoms with Crippen LogP contribution in [-0.4, -0.2) is 43.1 Å². The highest BCUT2D eigenvalue weighted by atomic mass is 32.2. The van der Waals surface area contributed by atoms with Gasteiger partial charge in [-0.2, -0.15) is 4.31 Å². The molecule has 6 heteroatoms. The minimum absolute atomic E-state index is 0.00936. The standard InChI is InChI=1S/C14H19NO4S/c1-15(10-14(16)17)20(18,19)7-6-11-8-12-4-2-3-5-13(12)9-11/h2-5,11H,6-10H2,1H3,(H,16,17). The van der Waals surface area contributed by atoms with E-state index in [0.29, 0.717) is 12.3 Å². The minimum atomic E-state index is -3.48. The number of nitrogens with zero attached hydrogens (tertiary/aromatic N) is 1. The third kappa shape index (κ3) is 3.58. The first kappa shape index (κ1) is 15.0. The van der Waals surface area contributed by atoms with Crippen molar-refractivity contribution in [1.82, 2.24) is 4.31 Å². The fourth-order valence-electron chi connectivity index (χ4n) is 2.61. The molecule has 110 valence electrons. The molecule has 0 radical (unpaired) electrons. The van der Waals surface area contributed by atoms with Gasteiger partial charge in [0, 0.05) is 7.05 Å². The molecule has 5 nitrogen and oxygen atoms in total. The summed E-state index contributed by atoms with van der Waals surface area (Å²) >= 11 is 0. The average Bonchev–Trinajstić information content (AvgIpc) is 2.78. The Morgan fingerprint density at radius 3 is 2.35 bits per heavy atom. The number of carboxylic acid groups (broad SMARTS) is 1. The van der Waals surface area contributed by atoms with Crippen LogP contribution in [0, 0.1) is 5.92 Å². The molecule has 0 aliphatic heterocycles. The predicted octanol–water partition coefficient (Wildman–Crippen LogP) is 1.14. The van der Waals surface area contributed by atoms with Crippen LogP contribution in [0.1, 0.15) is 17.5 Å². The number of carboxylic acids is 1. The summed E-state index contributed by atoms with van der Waals surface area (Å²) in [6.45, 7) is -0.479. The molecule has 0 spiro atoms. The summed E-state index contributed by atoms with van der Waals surface area (Å²) in [5.74, 6) is -0.792. The van der Waals surface area contributed by atoms with Crippen molar-refractivity contribution in [3.8, 4) is 0 Å². The highest BCUT2D eigenvalue weighted by Gasteiger charge is 2.25. The molecule has 1 aliphatic carbocycles. The van der Waals surface area contributed by atoms with Crippen molar-refractivity contribution in [2.45, 2.75) is 19.3 Å². The Morgan fingerprint density at radius 2 is 1.85 bits per heavy atom. The van der Waals surface area contributed by atoms with Crippen LogP contribution in [0.15, 0.2) is 24.3 Å². The molecule has 0 saturated heterocycles. The zero-order valence-electron chi connectivity index (χ0n) is 11.4. The highest BCUT2D eigenvalue weighted by molar-refractivity contribution is 7.89. The molecule has 0 fully saturated rings. The molecule has 1 aromatic rings. The van der Waals surface area contributed by atoms with E-state index in [4.69, 9.17) is 5.11 Å². The molecule has 20 heavy (non-hydrogen) atoms. The number of benzene rings is 1. The van der Waals surface area contributed by atoms with E-state index in [1.165, 1.54) is 18.2 Å². The summed E-state index contributed by atoms with van der Waals surface area (Å²) in [7, 11) is -2.17. The third-order valence-electron chi connectivity index (χ3n) is 3.75. The zero-order valence-corrected chi connectivity index (χ0v) is 12.3. The lowest BCUT2D eigenvalue weighted by Gasteiger charge is -2.16. The van der Waals surface area contributed by atoms with Crippen LogP contribution in [0.25, 0.3) is 0 Å². The van der Waals surface area contributed by atoms with Crippen LogP contribution in [0.4, 0.5) is 0 Å². The lowest BCUT2D eigenvalue weighted by molar-refractivity contribution is -0.137. The number of likely N-dealkylation sites (N-methyl/N-ethyl adjacent to an activating group) is 1. The topological polar surface area (TPSA) is 74.7 Å². The lowest BCUT2D eigenvalue weighted by atomic mass is 10.0. The van der Waals surface area contributed by atoms with Gasteiger partial charge >= 0.3 is 5.97 Å². The molecule has 0 heterocycles. The Bertz CT molecular complexity index is 572.